The smallest absolute Gasteiger partial charge is 0.339 e. The molecule has 0 unspecified atom stereocenters. The van der Waals surface area contributed by atoms with E-state index in [1.807, 2.05) is 72.8 Å². The molecule has 5 rings (SSSR count). The van der Waals surface area contributed by atoms with Gasteiger partial charge in [-0.25, -0.2) is 4.79 Å². The van der Waals surface area contributed by atoms with Crippen LogP contribution < -0.4 is 24.8 Å². The van der Waals surface area contributed by atoms with Gasteiger partial charge in [0.05, 0.1) is 30.6 Å². The second-order valence-electron chi connectivity index (χ2n) is 9.95. The highest BCUT2D eigenvalue weighted by atomic mass is 79.9. The molecule has 0 saturated carbocycles. The number of piperidine rings is 1. The molecule has 9 heteroatoms. The monoisotopic (exact) mass is 629 g/mol. The largest absolute Gasteiger partial charge is 0.496 e. The number of nitrogens with one attached hydrogen (secondary N) is 1. The van der Waals surface area contributed by atoms with E-state index in [0.29, 0.717) is 21.5 Å². The third-order valence-corrected chi connectivity index (χ3v) is 7.80. The Hall–Kier alpha value is -4.50. The van der Waals surface area contributed by atoms with E-state index in [9.17, 15) is 14.7 Å². The van der Waals surface area contributed by atoms with Crippen molar-refractivity contribution in [2.24, 2.45) is 0 Å². The van der Waals surface area contributed by atoms with Gasteiger partial charge in [0.25, 0.3) is 0 Å². The predicted octanol–water partition coefficient (Wildman–Crippen LogP) is 7.35. The van der Waals surface area contributed by atoms with E-state index < -0.39 is 5.97 Å². The van der Waals surface area contributed by atoms with Gasteiger partial charge in [-0.2, -0.15) is 0 Å². The van der Waals surface area contributed by atoms with Gasteiger partial charge in [-0.1, -0.05) is 52.3 Å². The zero-order valence-corrected chi connectivity index (χ0v) is 24.8. The number of halogens is 1. The van der Waals surface area contributed by atoms with Crippen molar-refractivity contribution < 1.29 is 24.2 Å². The van der Waals surface area contributed by atoms with Gasteiger partial charge in [0, 0.05) is 23.6 Å². The first-order chi connectivity index (χ1) is 20.4. The minimum absolute atomic E-state index is 0.0145. The van der Waals surface area contributed by atoms with Crippen LogP contribution in [0.5, 0.6) is 17.2 Å². The summed E-state index contributed by atoms with van der Waals surface area (Å²) in [7, 11) is 1.41. The maximum absolute atomic E-state index is 13.6. The van der Waals surface area contributed by atoms with Crippen LogP contribution in [0.1, 0.15) is 35.2 Å². The number of carboxylic acid groups (broad SMARTS) is 1. The molecule has 1 heterocycles. The topological polar surface area (TPSA) is 91.3 Å². The van der Waals surface area contributed by atoms with Crippen molar-refractivity contribution in [2.75, 3.05) is 30.1 Å². The molecule has 1 aliphatic heterocycles. The molecule has 0 aliphatic carbocycles. The van der Waals surface area contributed by atoms with Crippen molar-refractivity contribution in [3.8, 4) is 17.2 Å². The molecule has 0 bridgehead atoms. The molecule has 0 atom stereocenters. The number of hydrogen-bond acceptors (Lipinski definition) is 6. The number of carboxylic acids is 1. The van der Waals surface area contributed by atoms with Gasteiger partial charge in [0.1, 0.15) is 22.8 Å². The number of hydrogen-bond donors (Lipinski definition) is 2. The number of rotatable bonds is 10. The SMILES string of the molecule is COc1cc(CC(=O)NN(c2cccc(Oc3ccccc3)c2)c2ccccc2N2CCCCC2)c(Br)cc1C(=O)O. The maximum Gasteiger partial charge on any atom is 0.339 e. The Morgan fingerprint density at radius 1 is 0.905 bits per heavy atom. The van der Waals surface area contributed by atoms with Crippen LogP contribution in [0.2, 0.25) is 0 Å². The Morgan fingerprint density at radius 3 is 2.36 bits per heavy atom. The molecule has 0 spiro atoms. The fourth-order valence-corrected chi connectivity index (χ4v) is 5.52. The Balaban J connectivity index is 1.49. The molecule has 1 aliphatic rings. The highest BCUT2D eigenvalue weighted by Gasteiger charge is 2.23. The van der Waals surface area contributed by atoms with Crippen molar-refractivity contribution in [1.82, 2.24) is 5.43 Å². The second-order valence-corrected chi connectivity index (χ2v) is 10.8. The zero-order chi connectivity index (χ0) is 29.5. The van der Waals surface area contributed by atoms with Crippen molar-refractivity contribution in [3.63, 3.8) is 0 Å². The molecular weight excluding hydrogens is 598 g/mol. The number of anilines is 3. The van der Waals surface area contributed by atoms with E-state index in [-0.39, 0.29) is 23.6 Å². The van der Waals surface area contributed by atoms with E-state index in [0.717, 1.165) is 43.0 Å². The average Bonchev–Trinajstić information content (AvgIpc) is 3.01. The minimum Gasteiger partial charge on any atom is -0.496 e. The van der Waals surface area contributed by atoms with Gasteiger partial charge in [0.2, 0.25) is 5.91 Å². The number of nitrogens with zero attached hydrogens (tertiary/aromatic N) is 2. The second kappa shape index (κ2) is 13.4. The standard InChI is InChI=1S/C33H32BrN3O5/c1-41-31-19-23(28(34)22-27(31)33(39)40)20-32(38)35-37(30-16-7-6-15-29(30)36-17-8-3-9-18-36)24-11-10-14-26(21-24)42-25-12-4-2-5-13-25/h2,4-7,10-16,19,21-22H,3,8-9,17-18,20H2,1H3,(H,35,38)(H,39,40). The quantitative estimate of drug-likeness (QED) is 0.177. The molecule has 0 radical (unpaired) electrons. The Morgan fingerprint density at radius 2 is 1.62 bits per heavy atom. The number of carbonyl (C=O) groups excluding carboxylic acids is 1. The molecule has 1 amide bonds. The maximum atomic E-state index is 13.6. The number of para-hydroxylation sites is 3. The average molecular weight is 631 g/mol. The van der Waals surface area contributed by atoms with Crippen molar-refractivity contribution in [3.05, 3.63) is 107 Å². The lowest BCUT2D eigenvalue weighted by atomic mass is 10.1. The van der Waals surface area contributed by atoms with Gasteiger partial charge < -0.3 is 19.5 Å². The minimum atomic E-state index is -1.11. The zero-order valence-electron chi connectivity index (χ0n) is 23.3. The summed E-state index contributed by atoms with van der Waals surface area (Å²) >= 11 is 3.43. The first kappa shape index (κ1) is 29.0. The van der Waals surface area contributed by atoms with Crippen molar-refractivity contribution in [2.45, 2.75) is 25.7 Å². The van der Waals surface area contributed by atoms with E-state index in [1.165, 1.54) is 19.6 Å². The summed E-state index contributed by atoms with van der Waals surface area (Å²) in [4.78, 5) is 27.6. The number of benzene rings is 4. The third-order valence-electron chi connectivity index (χ3n) is 7.06. The lowest BCUT2D eigenvalue weighted by Crippen LogP contribution is -2.41. The summed E-state index contributed by atoms with van der Waals surface area (Å²) in [6.07, 6.45) is 3.42. The van der Waals surface area contributed by atoms with Crippen LogP contribution >= 0.6 is 15.9 Å². The van der Waals surface area contributed by atoms with Crippen molar-refractivity contribution >= 4 is 44.9 Å². The highest BCUT2D eigenvalue weighted by Crippen LogP contribution is 2.36. The van der Waals surface area contributed by atoms with E-state index in [2.05, 4.69) is 32.3 Å². The molecule has 4 aromatic carbocycles. The molecule has 4 aromatic rings. The van der Waals surface area contributed by atoms with Gasteiger partial charge in [-0.15, -0.1) is 0 Å². The van der Waals surface area contributed by atoms with Crippen LogP contribution in [0, 0.1) is 0 Å². The molecule has 0 aromatic heterocycles. The summed E-state index contributed by atoms with van der Waals surface area (Å²) in [5.74, 6) is 0.129. The third kappa shape index (κ3) is 6.86. The van der Waals surface area contributed by atoms with Gasteiger partial charge in [0.15, 0.2) is 0 Å². The molecule has 2 N–H and O–H groups in total. The van der Waals surface area contributed by atoms with Crippen LogP contribution in [-0.2, 0) is 11.2 Å². The number of amides is 1. The first-order valence-corrected chi connectivity index (χ1v) is 14.6. The lowest BCUT2D eigenvalue weighted by molar-refractivity contribution is -0.120. The number of ether oxygens (including phenoxy) is 2. The summed E-state index contributed by atoms with van der Waals surface area (Å²) < 4.78 is 11.9. The summed E-state index contributed by atoms with van der Waals surface area (Å²) in [5, 5.41) is 11.3. The molecule has 1 saturated heterocycles. The number of aromatic carboxylic acids is 1. The molecular formula is C33H32BrN3O5. The first-order valence-electron chi connectivity index (χ1n) is 13.8. The Kier molecular flexibility index (Phi) is 9.28. The molecule has 42 heavy (non-hydrogen) atoms. The number of hydrazine groups is 1. The molecule has 216 valence electrons. The predicted molar refractivity (Wildman–Crippen MR) is 167 cm³/mol. The van der Waals surface area contributed by atoms with Crippen LogP contribution in [0.25, 0.3) is 0 Å². The highest BCUT2D eigenvalue weighted by molar-refractivity contribution is 9.10. The van der Waals surface area contributed by atoms with Gasteiger partial charge in [-0.3, -0.25) is 15.2 Å². The van der Waals surface area contributed by atoms with Crippen LogP contribution in [0.15, 0.2) is 95.5 Å². The summed E-state index contributed by atoms with van der Waals surface area (Å²) in [6, 6.07) is 28.2. The summed E-state index contributed by atoms with van der Waals surface area (Å²) in [6.45, 7) is 1.89. The van der Waals surface area contributed by atoms with E-state index in [4.69, 9.17) is 9.47 Å². The van der Waals surface area contributed by atoms with E-state index in [1.54, 1.807) is 11.1 Å². The number of carbonyl (C=O) groups is 2. The fraction of sp³-hybridized carbons (Fsp3) is 0.212. The number of methoxy groups -OCH3 is 1. The molecule has 8 nitrogen and oxygen atoms in total. The van der Waals surface area contributed by atoms with Crippen LogP contribution in [0.4, 0.5) is 17.1 Å². The van der Waals surface area contributed by atoms with Crippen LogP contribution in [0.3, 0.4) is 0 Å². The summed E-state index contributed by atoms with van der Waals surface area (Å²) in [5.41, 5.74) is 6.30. The Labute approximate surface area is 253 Å². The Bertz CT molecular complexity index is 1560. The fourth-order valence-electron chi connectivity index (χ4n) is 5.03. The van der Waals surface area contributed by atoms with Crippen LogP contribution in [-0.4, -0.2) is 37.2 Å². The lowest BCUT2D eigenvalue weighted by Gasteiger charge is -2.34. The molecule has 1 fully saturated rings. The van der Waals surface area contributed by atoms with Crippen molar-refractivity contribution in [1.29, 1.82) is 0 Å². The van der Waals surface area contributed by atoms with E-state index >= 15 is 0 Å². The van der Waals surface area contributed by atoms with Gasteiger partial charge >= 0.3 is 5.97 Å². The van der Waals surface area contributed by atoms with Gasteiger partial charge in [-0.05, 0) is 73.4 Å². The normalized spacial score (nSPS) is 12.9.